The molecule has 0 aliphatic heterocycles. The zero-order chi connectivity index (χ0) is 19.1. The minimum absolute atomic E-state index is 0.00636. The Hall–Kier alpha value is -2.28. The second-order valence-corrected chi connectivity index (χ2v) is 6.60. The van der Waals surface area contributed by atoms with Crippen LogP contribution in [0.3, 0.4) is 0 Å². The number of phenols is 1. The number of carbonyl (C=O) groups is 2. The fourth-order valence-corrected chi connectivity index (χ4v) is 3.12. The monoisotopic (exact) mass is 396 g/mol. The van der Waals surface area contributed by atoms with Gasteiger partial charge in [-0.1, -0.05) is 41.4 Å². The molecule has 0 radical (unpaired) electrons. The van der Waals surface area contributed by atoms with Crippen molar-refractivity contribution in [1.82, 2.24) is 10.8 Å². The van der Waals surface area contributed by atoms with Crippen LogP contribution in [0.5, 0.6) is 5.75 Å². The van der Waals surface area contributed by atoms with Crippen LogP contribution in [0.2, 0.25) is 10.0 Å². The van der Waals surface area contributed by atoms with Crippen molar-refractivity contribution in [3.63, 3.8) is 0 Å². The lowest BCUT2D eigenvalue weighted by Gasteiger charge is -2.18. The number of rotatable bonds is 7. The number of halogens is 2. The first-order valence-corrected chi connectivity index (χ1v) is 8.57. The first kappa shape index (κ1) is 20.0. The zero-order valence-corrected chi connectivity index (χ0v) is 15.2. The number of phenolic OH excluding ortho intramolecular Hbond substituents is 1. The van der Waals surface area contributed by atoms with Crippen LogP contribution < -0.4 is 10.8 Å². The maximum Gasteiger partial charge on any atom is 0.243 e. The van der Waals surface area contributed by atoms with Gasteiger partial charge in [-0.15, -0.1) is 0 Å². The van der Waals surface area contributed by atoms with Crippen LogP contribution in [0.15, 0.2) is 42.5 Å². The maximum atomic E-state index is 12.3. The molecular formula is C18H18Cl2N2O4. The Labute approximate surface area is 160 Å². The molecule has 0 bridgehead atoms. The maximum absolute atomic E-state index is 12.3. The van der Waals surface area contributed by atoms with Crippen LogP contribution in [0.25, 0.3) is 0 Å². The summed E-state index contributed by atoms with van der Waals surface area (Å²) in [5.41, 5.74) is 2.90. The Bertz CT molecular complexity index is 799. The number of hydroxylamine groups is 1. The van der Waals surface area contributed by atoms with E-state index in [1.807, 2.05) is 0 Å². The topological polar surface area (TPSA) is 98.7 Å². The van der Waals surface area contributed by atoms with Crippen LogP contribution in [-0.2, 0) is 16.1 Å². The third-order valence-electron chi connectivity index (χ3n) is 3.79. The Morgan fingerprint density at radius 3 is 2.42 bits per heavy atom. The van der Waals surface area contributed by atoms with Gasteiger partial charge in [0.15, 0.2) is 0 Å². The summed E-state index contributed by atoms with van der Waals surface area (Å²) in [6, 6.07) is 11.3. The number of carbonyl (C=O) groups excluding carboxylic acids is 2. The van der Waals surface area contributed by atoms with Crippen molar-refractivity contribution in [2.75, 3.05) is 0 Å². The molecule has 26 heavy (non-hydrogen) atoms. The molecule has 6 nitrogen and oxygen atoms in total. The largest absolute Gasteiger partial charge is 0.508 e. The van der Waals surface area contributed by atoms with Gasteiger partial charge in [-0.2, -0.15) is 0 Å². The van der Waals surface area contributed by atoms with E-state index in [1.165, 1.54) is 12.1 Å². The number of nitrogens with one attached hydrogen (secondary N) is 2. The van der Waals surface area contributed by atoms with E-state index < -0.39 is 11.8 Å². The van der Waals surface area contributed by atoms with E-state index in [9.17, 15) is 14.7 Å². The van der Waals surface area contributed by atoms with Crippen molar-refractivity contribution in [2.24, 2.45) is 0 Å². The van der Waals surface area contributed by atoms with Gasteiger partial charge >= 0.3 is 0 Å². The predicted octanol–water partition coefficient (Wildman–Crippen LogP) is 3.38. The third kappa shape index (κ3) is 5.91. The molecule has 0 aliphatic rings. The molecule has 0 heterocycles. The van der Waals surface area contributed by atoms with Crippen molar-refractivity contribution in [3.8, 4) is 5.75 Å². The van der Waals surface area contributed by atoms with Crippen LogP contribution in [0.1, 0.15) is 29.9 Å². The summed E-state index contributed by atoms with van der Waals surface area (Å²) in [7, 11) is 0. The minimum atomic E-state index is -0.623. The van der Waals surface area contributed by atoms with Crippen molar-refractivity contribution in [3.05, 3.63) is 63.6 Å². The molecule has 0 fully saturated rings. The van der Waals surface area contributed by atoms with Gasteiger partial charge in [-0.3, -0.25) is 14.8 Å². The van der Waals surface area contributed by atoms with E-state index in [1.54, 1.807) is 35.8 Å². The molecule has 1 unspecified atom stereocenters. The standard InChI is InChI=1S/C18H18Cl2N2O4/c19-13-4-5-15(16(20)9-13)12(8-18(25)22-26)7-17(24)21-10-11-2-1-3-14(23)6-11/h1-6,9,12,23,26H,7-8,10H2,(H,21,24)(H,22,25). The number of benzene rings is 2. The predicted molar refractivity (Wildman–Crippen MR) is 98.3 cm³/mol. The van der Waals surface area contributed by atoms with Crippen LogP contribution >= 0.6 is 23.2 Å². The molecule has 1 atom stereocenters. The van der Waals surface area contributed by atoms with Gasteiger partial charge in [0.25, 0.3) is 0 Å². The van der Waals surface area contributed by atoms with Crippen LogP contribution in [0.4, 0.5) is 0 Å². The van der Waals surface area contributed by atoms with Gasteiger partial charge in [0.2, 0.25) is 11.8 Å². The molecule has 138 valence electrons. The zero-order valence-electron chi connectivity index (χ0n) is 13.7. The number of hydrogen-bond donors (Lipinski definition) is 4. The average Bonchev–Trinajstić information content (AvgIpc) is 2.59. The number of hydrogen-bond acceptors (Lipinski definition) is 4. The first-order valence-electron chi connectivity index (χ1n) is 7.81. The van der Waals surface area contributed by atoms with Gasteiger partial charge in [-0.05, 0) is 35.4 Å². The summed E-state index contributed by atoms with van der Waals surface area (Å²) < 4.78 is 0. The highest BCUT2D eigenvalue weighted by Crippen LogP contribution is 2.32. The Morgan fingerprint density at radius 2 is 1.77 bits per heavy atom. The van der Waals surface area contributed by atoms with Gasteiger partial charge in [-0.25, -0.2) is 5.48 Å². The normalized spacial score (nSPS) is 11.7. The second kappa shape index (κ2) is 9.43. The molecule has 0 aliphatic carbocycles. The number of aromatic hydroxyl groups is 1. The highest BCUT2D eigenvalue weighted by Gasteiger charge is 2.22. The van der Waals surface area contributed by atoms with Crippen molar-refractivity contribution in [2.45, 2.75) is 25.3 Å². The van der Waals surface area contributed by atoms with Gasteiger partial charge in [0, 0.05) is 35.3 Å². The highest BCUT2D eigenvalue weighted by molar-refractivity contribution is 6.35. The minimum Gasteiger partial charge on any atom is -0.508 e. The van der Waals surface area contributed by atoms with E-state index >= 15 is 0 Å². The summed E-state index contributed by atoms with van der Waals surface area (Å²) in [5, 5.41) is 21.7. The first-order chi connectivity index (χ1) is 12.4. The quantitative estimate of drug-likeness (QED) is 0.425. The van der Waals surface area contributed by atoms with E-state index in [-0.39, 0.29) is 31.0 Å². The lowest BCUT2D eigenvalue weighted by molar-refractivity contribution is -0.129. The van der Waals surface area contributed by atoms with Gasteiger partial charge < -0.3 is 10.4 Å². The summed E-state index contributed by atoms with van der Waals surface area (Å²) in [4.78, 5) is 23.9. The summed E-state index contributed by atoms with van der Waals surface area (Å²) >= 11 is 12.1. The van der Waals surface area contributed by atoms with E-state index in [4.69, 9.17) is 28.4 Å². The fourth-order valence-electron chi connectivity index (χ4n) is 2.56. The Kier molecular flexibility index (Phi) is 7.26. The Balaban J connectivity index is 2.07. The fraction of sp³-hybridized carbons (Fsp3) is 0.222. The molecule has 0 spiro atoms. The van der Waals surface area contributed by atoms with Crippen molar-refractivity contribution < 1.29 is 19.9 Å². The van der Waals surface area contributed by atoms with Crippen LogP contribution in [-0.4, -0.2) is 22.1 Å². The molecule has 0 saturated heterocycles. The van der Waals surface area contributed by atoms with Crippen molar-refractivity contribution in [1.29, 1.82) is 0 Å². The van der Waals surface area contributed by atoms with E-state index in [0.29, 0.717) is 15.6 Å². The molecule has 2 amide bonds. The summed E-state index contributed by atoms with van der Waals surface area (Å²) in [5.74, 6) is -1.34. The SMILES string of the molecule is O=C(CC(CC(=O)NCc1cccc(O)c1)c1ccc(Cl)cc1Cl)NO. The molecule has 0 aromatic heterocycles. The molecule has 2 rings (SSSR count). The molecule has 0 saturated carbocycles. The lowest BCUT2D eigenvalue weighted by atomic mass is 9.91. The van der Waals surface area contributed by atoms with E-state index in [2.05, 4.69) is 5.32 Å². The van der Waals surface area contributed by atoms with Crippen LogP contribution in [0, 0.1) is 0 Å². The van der Waals surface area contributed by atoms with Crippen molar-refractivity contribution >= 4 is 35.0 Å². The Morgan fingerprint density at radius 1 is 1.04 bits per heavy atom. The molecular weight excluding hydrogens is 379 g/mol. The third-order valence-corrected chi connectivity index (χ3v) is 4.35. The molecule has 8 heteroatoms. The lowest BCUT2D eigenvalue weighted by Crippen LogP contribution is -2.27. The molecule has 4 N–H and O–H groups in total. The summed E-state index contributed by atoms with van der Waals surface area (Å²) in [6.07, 6.45) is -0.120. The number of amides is 2. The van der Waals surface area contributed by atoms with Gasteiger partial charge in [0.05, 0.1) is 0 Å². The molecule has 2 aromatic carbocycles. The average molecular weight is 397 g/mol. The highest BCUT2D eigenvalue weighted by atomic mass is 35.5. The smallest absolute Gasteiger partial charge is 0.243 e. The van der Waals surface area contributed by atoms with Gasteiger partial charge in [0.1, 0.15) is 5.75 Å². The molecule has 2 aromatic rings. The second-order valence-electron chi connectivity index (χ2n) is 5.75. The summed E-state index contributed by atoms with van der Waals surface area (Å²) in [6.45, 7) is 0.237. The van der Waals surface area contributed by atoms with E-state index in [0.717, 1.165) is 5.56 Å².